The quantitative estimate of drug-likeness (QED) is 0.401. The Morgan fingerprint density at radius 3 is 2.50 bits per heavy atom. The second kappa shape index (κ2) is 6.69. The van der Waals surface area contributed by atoms with Gasteiger partial charge in [-0.15, -0.1) is 0 Å². The van der Waals surface area contributed by atoms with Crippen LogP contribution < -0.4 is 0 Å². The standard InChI is InChI=1S/C16H12F3NO4/c1-7-8(6-9(17)13(19)12(7)18)11(16(23)24-2)15(22)14-10(21)4-3-5-20-14/h3-6,11,21H,1-2H3. The monoisotopic (exact) mass is 339 g/mol. The summed E-state index contributed by atoms with van der Waals surface area (Å²) in [7, 11) is 0.979. The van der Waals surface area contributed by atoms with E-state index in [1.54, 1.807) is 0 Å². The van der Waals surface area contributed by atoms with Crippen molar-refractivity contribution in [1.29, 1.82) is 0 Å². The Morgan fingerprint density at radius 2 is 1.92 bits per heavy atom. The van der Waals surface area contributed by atoms with E-state index in [1.165, 1.54) is 12.3 Å². The summed E-state index contributed by atoms with van der Waals surface area (Å²) in [4.78, 5) is 28.2. The lowest BCUT2D eigenvalue weighted by atomic mass is 9.89. The van der Waals surface area contributed by atoms with E-state index in [2.05, 4.69) is 9.72 Å². The number of carbonyl (C=O) groups is 2. The van der Waals surface area contributed by atoms with E-state index in [1.807, 2.05) is 0 Å². The number of Topliss-reactive ketones (excluding diaryl/α,β-unsaturated/α-hetero) is 1. The number of hydrogen-bond acceptors (Lipinski definition) is 5. The van der Waals surface area contributed by atoms with Gasteiger partial charge in [-0.05, 0) is 36.2 Å². The first-order valence-corrected chi connectivity index (χ1v) is 6.69. The Balaban J connectivity index is 2.66. The maximum Gasteiger partial charge on any atom is 0.321 e. The molecule has 0 saturated carbocycles. The Morgan fingerprint density at radius 1 is 1.25 bits per heavy atom. The zero-order valence-electron chi connectivity index (χ0n) is 12.6. The summed E-state index contributed by atoms with van der Waals surface area (Å²) in [6, 6.07) is 3.06. The summed E-state index contributed by atoms with van der Waals surface area (Å²) < 4.78 is 45.1. The molecule has 1 N–H and O–H groups in total. The molecule has 0 aliphatic heterocycles. The highest BCUT2D eigenvalue weighted by molar-refractivity contribution is 6.13. The van der Waals surface area contributed by atoms with Gasteiger partial charge in [0.05, 0.1) is 7.11 Å². The molecule has 2 aromatic rings. The van der Waals surface area contributed by atoms with E-state index in [-0.39, 0.29) is 0 Å². The normalized spacial score (nSPS) is 11.9. The van der Waals surface area contributed by atoms with Crippen molar-refractivity contribution < 1.29 is 32.6 Å². The molecule has 1 aromatic carbocycles. The number of methoxy groups -OCH3 is 1. The van der Waals surface area contributed by atoms with Gasteiger partial charge in [-0.25, -0.2) is 18.2 Å². The van der Waals surface area contributed by atoms with Crippen LogP contribution in [0.4, 0.5) is 13.2 Å². The van der Waals surface area contributed by atoms with Crippen molar-refractivity contribution in [1.82, 2.24) is 4.98 Å². The fraction of sp³-hybridized carbons (Fsp3) is 0.188. The number of halogens is 3. The van der Waals surface area contributed by atoms with Gasteiger partial charge in [-0.2, -0.15) is 0 Å². The number of rotatable bonds is 4. The minimum absolute atomic E-state index is 0.409. The van der Waals surface area contributed by atoms with Gasteiger partial charge in [0.15, 0.2) is 17.5 Å². The molecule has 0 aliphatic rings. The average molecular weight is 339 g/mol. The first-order valence-electron chi connectivity index (χ1n) is 6.69. The van der Waals surface area contributed by atoms with Crippen molar-refractivity contribution in [2.45, 2.75) is 12.8 Å². The van der Waals surface area contributed by atoms with Gasteiger partial charge in [0.2, 0.25) is 5.78 Å². The van der Waals surface area contributed by atoms with Crippen LogP contribution in [0.3, 0.4) is 0 Å². The van der Waals surface area contributed by atoms with Gasteiger partial charge in [0.1, 0.15) is 17.4 Å². The third-order valence-electron chi connectivity index (χ3n) is 3.48. The number of ether oxygens (including phenoxy) is 1. The van der Waals surface area contributed by atoms with Crippen molar-refractivity contribution in [3.05, 3.63) is 58.7 Å². The minimum Gasteiger partial charge on any atom is -0.506 e. The summed E-state index contributed by atoms with van der Waals surface area (Å²) in [6.45, 7) is 1.09. The summed E-state index contributed by atoms with van der Waals surface area (Å²) in [5, 5.41) is 9.71. The molecular weight excluding hydrogens is 327 g/mol. The summed E-state index contributed by atoms with van der Waals surface area (Å²) in [5.74, 6) is -9.27. The molecule has 0 spiro atoms. The van der Waals surface area contributed by atoms with Crippen molar-refractivity contribution in [3.8, 4) is 5.75 Å². The third-order valence-corrected chi connectivity index (χ3v) is 3.48. The molecule has 2 rings (SSSR count). The van der Waals surface area contributed by atoms with E-state index in [4.69, 9.17) is 0 Å². The summed E-state index contributed by atoms with van der Waals surface area (Å²) in [5.41, 5.74) is -1.31. The molecule has 0 radical (unpaired) electrons. The molecule has 1 heterocycles. The molecule has 126 valence electrons. The van der Waals surface area contributed by atoms with E-state index in [0.29, 0.717) is 6.07 Å². The zero-order chi connectivity index (χ0) is 18.0. The maximum atomic E-state index is 13.8. The molecule has 0 aliphatic carbocycles. The number of hydrogen-bond donors (Lipinski definition) is 1. The van der Waals surface area contributed by atoms with Crippen LogP contribution in [-0.2, 0) is 9.53 Å². The van der Waals surface area contributed by atoms with Crippen LogP contribution >= 0.6 is 0 Å². The minimum atomic E-state index is -1.81. The number of benzene rings is 1. The van der Waals surface area contributed by atoms with Crippen molar-refractivity contribution in [3.63, 3.8) is 0 Å². The smallest absolute Gasteiger partial charge is 0.321 e. The fourth-order valence-corrected chi connectivity index (χ4v) is 2.22. The van der Waals surface area contributed by atoms with Gasteiger partial charge < -0.3 is 9.84 Å². The zero-order valence-corrected chi connectivity index (χ0v) is 12.6. The van der Waals surface area contributed by atoms with Crippen LogP contribution in [0, 0.1) is 24.4 Å². The molecule has 0 saturated heterocycles. The maximum absolute atomic E-state index is 13.8. The number of carbonyl (C=O) groups excluding carboxylic acids is 2. The Labute approximate surface area is 134 Å². The largest absolute Gasteiger partial charge is 0.506 e. The molecule has 24 heavy (non-hydrogen) atoms. The molecular formula is C16H12F3NO4. The highest BCUT2D eigenvalue weighted by Crippen LogP contribution is 2.30. The fourth-order valence-electron chi connectivity index (χ4n) is 2.22. The van der Waals surface area contributed by atoms with Gasteiger partial charge in [0.25, 0.3) is 0 Å². The van der Waals surface area contributed by atoms with Crippen LogP contribution in [-0.4, -0.2) is 29.0 Å². The lowest BCUT2D eigenvalue weighted by molar-refractivity contribution is -0.141. The first-order chi connectivity index (χ1) is 11.3. The summed E-state index contributed by atoms with van der Waals surface area (Å²) in [6.07, 6.45) is 1.19. The molecule has 5 nitrogen and oxygen atoms in total. The SMILES string of the molecule is COC(=O)C(C(=O)c1ncccc1O)c1cc(F)c(F)c(F)c1C. The van der Waals surface area contributed by atoms with Crippen molar-refractivity contribution in [2.24, 2.45) is 0 Å². The molecule has 1 unspecified atom stereocenters. The van der Waals surface area contributed by atoms with E-state index >= 15 is 0 Å². The molecule has 1 atom stereocenters. The number of pyridine rings is 1. The van der Waals surface area contributed by atoms with E-state index in [9.17, 15) is 27.9 Å². The molecule has 0 amide bonds. The van der Waals surface area contributed by atoms with Crippen LogP contribution in [0.5, 0.6) is 5.75 Å². The number of nitrogens with zero attached hydrogens (tertiary/aromatic N) is 1. The van der Waals surface area contributed by atoms with E-state index in [0.717, 1.165) is 20.1 Å². The topological polar surface area (TPSA) is 76.5 Å². The van der Waals surface area contributed by atoms with Crippen molar-refractivity contribution in [2.75, 3.05) is 7.11 Å². The van der Waals surface area contributed by atoms with Gasteiger partial charge >= 0.3 is 5.97 Å². The molecule has 8 heteroatoms. The Hall–Kier alpha value is -2.90. The predicted octanol–water partition coefficient (Wildman–Crippen LogP) is 2.65. The lowest BCUT2D eigenvalue weighted by Gasteiger charge is -2.17. The highest BCUT2D eigenvalue weighted by Gasteiger charge is 2.35. The molecule has 0 bridgehead atoms. The third kappa shape index (κ3) is 2.94. The molecule has 0 fully saturated rings. The summed E-state index contributed by atoms with van der Waals surface area (Å²) >= 11 is 0. The second-order valence-corrected chi connectivity index (χ2v) is 4.89. The number of aromatic nitrogens is 1. The number of ketones is 1. The Bertz CT molecular complexity index is 823. The van der Waals surface area contributed by atoms with Crippen molar-refractivity contribution >= 4 is 11.8 Å². The van der Waals surface area contributed by atoms with Crippen LogP contribution in [0.2, 0.25) is 0 Å². The predicted molar refractivity (Wildman–Crippen MR) is 76.0 cm³/mol. The second-order valence-electron chi connectivity index (χ2n) is 4.89. The van der Waals surface area contributed by atoms with Crippen LogP contribution in [0.25, 0.3) is 0 Å². The molecule has 1 aromatic heterocycles. The van der Waals surface area contributed by atoms with Gasteiger partial charge in [-0.3, -0.25) is 9.59 Å². The Kier molecular flexibility index (Phi) is 4.87. The van der Waals surface area contributed by atoms with Crippen LogP contribution in [0.15, 0.2) is 24.4 Å². The van der Waals surface area contributed by atoms with Gasteiger partial charge in [-0.1, -0.05) is 0 Å². The number of aromatic hydroxyl groups is 1. The first kappa shape index (κ1) is 17.5. The van der Waals surface area contributed by atoms with Crippen LogP contribution in [0.1, 0.15) is 27.5 Å². The van der Waals surface area contributed by atoms with Gasteiger partial charge in [0, 0.05) is 6.20 Å². The lowest BCUT2D eigenvalue weighted by Crippen LogP contribution is -2.26. The number of esters is 1. The van der Waals surface area contributed by atoms with E-state index < -0.39 is 57.7 Å². The highest BCUT2D eigenvalue weighted by atomic mass is 19.2. The average Bonchev–Trinajstić information content (AvgIpc) is 2.57.